The van der Waals surface area contributed by atoms with Crippen LogP contribution in [0, 0.1) is 6.92 Å². The van der Waals surface area contributed by atoms with E-state index in [1.165, 1.54) is 5.56 Å². The van der Waals surface area contributed by atoms with Gasteiger partial charge in [-0.15, -0.1) is 0 Å². The van der Waals surface area contributed by atoms with E-state index in [1.807, 2.05) is 43.4 Å². The van der Waals surface area contributed by atoms with Gasteiger partial charge in [0.05, 0.1) is 35.9 Å². The Morgan fingerprint density at radius 3 is 2.63 bits per heavy atom. The van der Waals surface area contributed by atoms with E-state index < -0.39 is 0 Å². The summed E-state index contributed by atoms with van der Waals surface area (Å²) in [5.41, 5.74) is 3.01. The van der Waals surface area contributed by atoms with Gasteiger partial charge in [-0.25, -0.2) is 9.98 Å². The molecule has 6 heteroatoms. The molecule has 1 aromatic heterocycles. The van der Waals surface area contributed by atoms with Gasteiger partial charge in [0.25, 0.3) is 0 Å². The minimum absolute atomic E-state index is 0.625. The minimum atomic E-state index is 0.625. The van der Waals surface area contributed by atoms with Crippen LogP contribution in [0.25, 0.3) is 0 Å². The topological polar surface area (TPSA) is 47.0 Å². The number of benzene rings is 1. The molecule has 0 radical (unpaired) electrons. The number of aryl methyl sites for hydroxylation is 2. The van der Waals surface area contributed by atoms with Crippen molar-refractivity contribution in [2.75, 3.05) is 27.3 Å². The van der Waals surface area contributed by atoms with Gasteiger partial charge >= 0.3 is 0 Å². The van der Waals surface area contributed by atoms with Crippen molar-refractivity contribution in [1.82, 2.24) is 9.88 Å². The Hall–Kier alpha value is -2.08. The first kappa shape index (κ1) is 21.2. The quantitative estimate of drug-likeness (QED) is 0.294. The minimum Gasteiger partial charge on any atom is -0.497 e. The lowest BCUT2D eigenvalue weighted by Crippen LogP contribution is -2.14. The SMILES string of the molecule is CCN(C)/C=N/c1cc(Br)c(OCCCCc2ccc(OC)cc2)nc1C. The molecule has 0 aliphatic carbocycles. The summed E-state index contributed by atoms with van der Waals surface area (Å²) in [6.45, 7) is 5.58. The van der Waals surface area contributed by atoms with Crippen LogP contribution in [0.2, 0.25) is 0 Å². The van der Waals surface area contributed by atoms with E-state index in [4.69, 9.17) is 9.47 Å². The first-order chi connectivity index (χ1) is 13.0. The van der Waals surface area contributed by atoms with Crippen molar-refractivity contribution in [2.24, 2.45) is 4.99 Å². The molecule has 0 unspecified atom stereocenters. The third-order valence-electron chi connectivity index (χ3n) is 4.26. The van der Waals surface area contributed by atoms with Gasteiger partial charge in [-0.05, 0) is 72.8 Å². The molecule has 146 valence electrons. The molecule has 27 heavy (non-hydrogen) atoms. The number of rotatable bonds is 10. The molecule has 2 rings (SSSR count). The van der Waals surface area contributed by atoms with Crippen molar-refractivity contribution < 1.29 is 9.47 Å². The van der Waals surface area contributed by atoms with Gasteiger partial charge in [0.1, 0.15) is 5.75 Å². The molecule has 0 spiro atoms. The molecule has 0 bridgehead atoms. The second-order valence-corrected chi connectivity index (χ2v) is 7.21. The van der Waals surface area contributed by atoms with E-state index in [9.17, 15) is 0 Å². The number of hydrogen-bond donors (Lipinski definition) is 0. The molecule has 0 fully saturated rings. The lowest BCUT2D eigenvalue weighted by atomic mass is 10.1. The molecule has 1 aromatic carbocycles. The molecule has 0 aliphatic heterocycles. The van der Waals surface area contributed by atoms with Crippen molar-refractivity contribution in [3.8, 4) is 11.6 Å². The summed E-state index contributed by atoms with van der Waals surface area (Å²) in [6, 6.07) is 10.2. The van der Waals surface area contributed by atoms with Gasteiger partial charge in [0.15, 0.2) is 0 Å². The first-order valence-electron chi connectivity index (χ1n) is 9.20. The van der Waals surface area contributed by atoms with Gasteiger partial charge < -0.3 is 14.4 Å². The van der Waals surface area contributed by atoms with Gasteiger partial charge in [-0.3, -0.25) is 0 Å². The highest BCUT2D eigenvalue weighted by atomic mass is 79.9. The second-order valence-electron chi connectivity index (χ2n) is 6.35. The molecule has 0 amide bonds. The number of nitrogens with zero attached hydrogens (tertiary/aromatic N) is 3. The number of halogens is 1. The van der Waals surface area contributed by atoms with Crippen LogP contribution in [-0.4, -0.2) is 43.5 Å². The number of unbranched alkanes of at least 4 members (excludes halogenated alkanes) is 1. The molecule has 0 aliphatic rings. The molecule has 1 heterocycles. The lowest BCUT2D eigenvalue weighted by molar-refractivity contribution is 0.293. The number of aliphatic imine (C=N–C) groups is 1. The number of methoxy groups -OCH3 is 1. The van der Waals surface area contributed by atoms with Crippen molar-refractivity contribution in [2.45, 2.75) is 33.1 Å². The average molecular weight is 434 g/mol. The summed E-state index contributed by atoms with van der Waals surface area (Å²) in [5, 5.41) is 0. The van der Waals surface area contributed by atoms with Crippen LogP contribution in [-0.2, 0) is 6.42 Å². The van der Waals surface area contributed by atoms with E-state index in [-0.39, 0.29) is 0 Å². The third-order valence-corrected chi connectivity index (χ3v) is 4.83. The average Bonchev–Trinajstić information content (AvgIpc) is 2.69. The molecule has 5 nitrogen and oxygen atoms in total. The van der Waals surface area contributed by atoms with E-state index in [2.05, 4.69) is 45.0 Å². The van der Waals surface area contributed by atoms with Crippen LogP contribution in [0.4, 0.5) is 5.69 Å². The van der Waals surface area contributed by atoms with Crippen molar-refractivity contribution in [3.05, 3.63) is 46.1 Å². The molecule has 0 N–H and O–H groups in total. The number of pyridine rings is 1. The fourth-order valence-electron chi connectivity index (χ4n) is 2.42. The highest BCUT2D eigenvalue weighted by Crippen LogP contribution is 2.29. The fourth-order valence-corrected chi connectivity index (χ4v) is 2.84. The smallest absolute Gasteiger partial charge is 0.228 e. The predicted molar refractivity (Wildman–Crippen MR) is 115 cm³/mol. The Labute approximate surface area is 170 Å². The first-order valence-corrected chi connectivity index (χ1v) is 10.00. The van der Waals surface area contributed by atoms with Crippen molar-refractivity contribution >= 4 is 28.0 Å². The summed E-state index contributed by atoms with van der Waals surface area (Å²) in [4.78, 5) is 11.0. The zero-order valence-electron chi connectivity index (χ0n) is 16.5. The van der Waals surface area contributed by atoms with Crippen LogP contribution < -0.4 is 9.47 Å². The molecule has 0 saturated carbocycles. The van der Waals surface area contributed by atoms with Crippen molar-refractivity contribution in [3.63, 3.8) is 0 Å². The Morgan fingerprint density at radius 2 is 1.96 bits per heavy atom. The standard InChI is InChI=1S/C21H28BrN3O2/c1-5-25(3)15-23-20-14-19(22)21(24-16(20)2)27-13-7-6-8-17-9-11-18(26-4)12-10-17/h9-12,14-15H,5-8,13H2,1-4H3/b23-15+. The fraction of sp³-hybridized carbons (Fsp3) is 0.429. The largest absolute Gasteiger partial charge is 0.497 e. The third kappa shape index (κ3) is 6.86. The maximum absolute atomic E-state index is 5.85. The lowest BCUT2D eigenvalue weighted by Gasteiger charge is -2.11. The van der Waals surface area contributed by atoms with Crippen LogP contribution >= 0.6 is 15.9 Å². The summed E-state index contributed by atoms with van der Waals surface area (Å²) in [6.07, 6.45) is 4.88. The Balaban J connectivity index is 1.81. The number of ether oxygens (including phenoxy) is 2. The highest BCUT2D eigenvalue weighted by molar-refractivity contribution is 9.10. The normalized spacial score (nSPS) is 11.0. The molecular weight excluding hydrogens is 406 g/mol. The molecule has 0 atom stereocenters. The van der Waals surface area contributed by atoms with Crippen LogP contribution in [0.15, 0.2) is 39.8 Å². The summed E-state index contributed by atoms with van der Waals surface area (Å²) < 4.78 is 11.9. The van der Waals surface area contributed by atoms with Gasteiger partial charge in [0, 0.05) is 13.6 Å². The maximum atomic E-state index is 5.85. The van der Waals surface area contributed by atoms with E-state index >= 15 is 0 Å². The Morgan fingerprint density at radius 1 is 1.22 bits per heavy atom. The van der Waals surface area contributed by atoms with Crippen molar-refractivity contribution in [1.29, 1.82) is 0 Å². The monoisotopic (exact) mass is 433 g/mol. The molecular formula is C21H28BrN3O2. The van der Waals surface area contributed by atoms with Gasteiger partial charge in [-0.2, -0.15) is 0 Å². The number of aromatic nitrogens is 1. The van der Waals surface area contributed by atoms with E-state index in [0.29, 0.717) is 12.5 Å². The molecule has 2 aromatic rings. The Kier molecular flexibility index (Phi) is 8.58. The number of hydrogen-bond acceptors (Lipinski definition) is 4. The summed E-state index contributed by atoms with van der Waals surface area (Å²) in [7, 11) is 3.67. The van der Waals surface area contributed by atoms with E-state index in [0.717, 1.165) is 47.4 Å². The maximum Gasteiger partial charge on any atom is 0.228 e. The van der Waals surface area contributed by atoms with Crippen LogP contribution in [0.3, 0.4) is 0 Å². The zero-order chi connectivity index (χ0) is 19.6. The van der Waals surface area contributed by atoms with E-state index in [1.54, 1.807) is 7.11 Å². The summed E-state index contributed by atoms with van der Waals surface area (Å²) >= 11 is 3.54. The predicted octanol–water partition coefficient (Wildman–Crippen LogP) is 5.17. The summed E-state index contributed by atoms with van der Waals surface area (Å²) in [5.74, 6) is 1.52. The van der Waals surface area contributed by atoms with Crippen LogP contribution in [0.5, 0.6) is 11.6 Å². The van der Waals surface area contributed by atoms with Gasteiger partial charge in [-0.1, -0.05) is 12.1 Å². The second kappa shape index (κ2) is 10.9. The highest BCUT2D eigenvalue weighted by Gasteiger charge is 2.08. The molecule has 0 saturated heterocycles. The van der Waals surface area contributed by atoms with Gasteiger partial charge in [0.2, 0.25) is 5.88 Å². The zero-order valence-corrected chi connectivity index (χ0v) is 18.1. The Bertz CT molecular complexity index is 748. The van der Waals surface area contributed by atoms with Crippen LogP contribution in [0.1, 0.15) is 31.0 Å².